The van der Waals surface area contributed by atoms with E-state index in [1.54, 1.807) is 24.3 Å². The third-order valence-corrected chi connectivity index (χ3v) is 2.10. The summed E-state index contributed by atoms with van der Waals surface area (Å²) in [4.78, 5) is 0. The average molecular weight is 195 g/mol. The van der Waals surface area contributed by atoms with Crippen LogP contribution < -0.4 is 0 Å². The molecular formula is C9H7ClN2O. The van der Waals surface area contributed by atoms with Crippen molar-refractivity contribution in [3.63, 3.8) is 0 Å². The van der Waals surface area contributed by atoms with Crippen molar-refractivity contribution >= 4 is 11.6 Å². The van der Waals surface area contributed by atoms with E-state index >= 15 is 0 Å². The quantitative estimate of drug-likeness (QED) is 0.734. The number of benzene rings is 1. The maximum atomic E-state index is 9.86. The molecule has 1 aliphatic rings. The van der Waals surface area contributed by atoms with Crippen molar-refractivity contribution in [1.29, 1.82) is 0 Å². The molecular weight excluding hydrogens is 188 g/mol. The van der Waals surface area contributed by atoms with E-state index in [4.69, 9.17) is 11.6 Å². The van der Waals surface area contributed by atoms with Crippen molar-refractivity contribution in [2.45, 2.75) is 5.72 Å². The Hall–Kier alpha value is -1.19. The molecule has 2 rings (SSSR count). The Morgan fingerprint density at radius 1 is 1.23 bits per heavy atom. The normalized spacial score (nSPS) is 25.4. The second kappa shape index (κ2) is 2.94. The lowest BCUT2D eigenvalue weighted by atomic mass is 10.0. The largest absolute Gasteiger partial charge is 0.361 e. The van der Waals surface area contributed by atoms with Gasteiger partial charge in [-0.05, 0) is 18.2 Å². The van der Waals surface area contributed by atoms with Gasteiger partial charge in [-0.25, -0.2) is 0 Å². The zero-order valence-corrected chi connectivity index (χ0v) is 7.44. The standard InChI is InChI=1S/C9H7ClN2O/c10-8-3-1-7(2-4-8)9(13)5-6-11-12-9/h1-6,13H. The molecule has 0 spiro atoms. The van der Waals surface area contributed by atoms with Gasteiger partial charge in [0.1, 0.15) is 0 Å². The minimum absolute atomic E-state index is 0.631. The second-order valence-corrected chi connectivity index (χ2v) is 3.20. The Labute approximate surface area is 80.4 Å². The monoisotopic (exact) mass is 194 g/mol. The van der Waals surface area contributed by atoms with Crippen LogP contribution in [0.3, 0.4) is 0 Å². The summed E-state index contributed by atoms with van der Waals surface area (Å²) < 4.78 is 0. The Morgan fingerprint density at radius 3 is 2.46 bits per heavy atom. The van der Waals surface area contributed by atoms with Crippen molar-refractivity contribution in [2.75, 3.05) is 0 Å². The first-order chi connectivity index (χ1) is 6.21. The summed E-state index contributed by atoms with van der Waals surface area (Å²) in [5.74, 6) is 0. The van der Waals surface area contributed by atoms with Gasteiger partial charge in [0.2, 0.25) is 5.72 Å². The van der Waals surface area contributed by atoms with E-state index in [-0.39, 0.29) is 0 Å². The third kappa shape index (κ3) is 1.48. The Balaban J connectivity index is 2.41. The maximum absolute atomic E-state index is 9.86. The van der Waals surface area contributed by atoms with Crippen LogP contribution in [0.1, 0.15) is 5.56 Å². The lowest BCUT2D eigenvalue weighted by molar-refractivity contribution is 0.0979. The average Bonchev–Trinajstić information content (AvgIpc) is 2.54. The van der Waals surface area contributed by atoms with Crippen LogP contribution in [0.15, 0.2) is 46.8 Å². The summed E-state index contributed by atoms with van der Waals surface area (Å²) in [6, 6.07) is 6.85. The molecule has 4 heteroatoms. The van der Waals surface area contributed by atoms with Crippen LogP contribution in [0.5, 0.6) is 0 Å². The molecule has 1 aromatic carbocycles. The van der Waals surface area contributed by atoms with Crippen molar-refractivity contribution in [3.8, 4) is 0 Å². The van der Waals surface area contributed by atoms with E-state index < -0.39 is 5.72 Å². The van der Waals surface area contributed by atoms with Crippen molar-refractivity contribution in [3.05, 3.63) is 47.1 Å². The van der Waals surface area contributed by atoms with Gasteiger partial charge in [0, 0.05) is 10.6 Å². The Bertz CT molecular complexity index is 358. The molecule has 1 unspecified atom stereocenters. The molecule has 1 N–H and O–H groups in total. The molecule has 0 bridgehead atoms. The van der Waals surface area contributed by atoms with Gasteiger partial charge in [-0.1, -0.05) is 23.7 Å². The molecule has 3 nitrogen and oxygen atoms in total. The molecule has 13 heavy (non-hydrogen) atoms. The number of nitrogens with zero attached hydrogens (tertiary/aromatic N) is 2. The highest BCUT2D eigenvalue weighted by Gasteiger charge is 2.27. The number of hydrogen-bond donors (Lipinski definition) is 1. The number of rotatable bonds is 1. The molecule has 0 radical (unpaired) electrons. The van der Waals surface area contributed by atoms with E-state index in [2.05, 4.69) is 10.2 Å². The molecule has 1 atom stereocenters. The van der Waals surface area contributed by atoms with Gasteiger partial charge in [-0.2, -0.15) is 5.11 Å². The van der Waals surface area contributed by atoms with Crippen LogP contribution >= 0.6 is 11.6 Å². The first-order valence-corrected chi connectivity index (χ1v) is 4.17. The van der Waals surface area contributed by atoms with Crippen LogP contribution in [-0.2, 0) is 5.72 Å². The second-order valence-electron chi connectivity index (χ2n) is 2.76. The first-order valence-electron chi connectivity index (χ1n) is 3.79. The van der Waals surface area contributed by atoms with E-state index in [1.165, 1.54) is 12.3 Å². The molecule has 0 saturated heterocycles. The van der Waals surface area contributed by atoms with E-state index in [0.29, 0.717) is 10.6 Å². The molecule has 0 aromatic heterocycles. The van der Waals surface area contributed by atoms with Crippen molar-refractivity contribution in [1.82, 2.24) is 0 Å². The number of azo groups is 1. The van der Waals surface area contributed by atoms with E-state index in [0.717, 1.165) is 0 Å². The molecule has 0 saturated carbocycles. The summed E-state index contributed by atoms with van der Waals surface area (Å²) in [6.07, 6.45) is 2.99. The number of halogens is 1. The fourth-order valence-corrected chi connectivity index (χ4v) is 1.27. The van der Waals surface area contributed by atoms with Gasteiger partial charge in [-0.15, -0.1) is 5.11 Å². The molecule has 1 heterocycles. The molecule has 66 valence electrons. The molecule has 0 aliphatic carbocycles. The van der Waals surface area contributed by atoms with Gasteiger partial charge >= 0.3 is 0 Å². The topological polar surface area (TPSA) is 45.0 Å². The van der Waals surface area contributed by atoms with Gasteiger partial charge in [0.05, 0.1) is 6.20 Å². The van der Waals surface area contributed by atoms with Crippen LogP contribution in [0, 0.1) is 0 Å². The van der Waals surface area contributed by atoms with Gasteiger partial charge in [-0.3, -0.25) is 0 Å². The fraction of sp³-hybridized carbons (Fsp3) is 0.111. The van der Waals surface area contributed by atoms with Crippen LogP contribution in [0.25, 0.3) is 0 Å². The van der Waals surface area contributed by atoms with E-state index in [1.807, 2.05) is 0 Å². The predicted molar refractivity (Wildman–Crippen MR) is 49.3 cm³/mol. The van der Waals surface area contributed by atoms with Crippen LogP contribution in [0.2, 0.25) is 5.02 Å². The molecule has 0 amide bonds. The Morgan fingerprint density at radius 2 is 1.92 bits per heavy atom. The number of aliphatic hydroxyl groups is 1. The van der Waals surface area contributed by atoms with E-state index in [9.17, 15) is 5.11 Å². The van der Waals surface area contributed by atoms with Crippen molar-refractivity contribution < 1.29 is 5.11 Å². The van der Waals surface area contributed by atoms with Crippen LogP contribution in [0.4, 0.5) is 0 Å². The first kappa shape index (κ1) is 8.41. The maximum Gasteiger partial charge on any atom is 0.223 e. The summed E-state index contributed by atoms with van der Waals surface area (Å²) in [5, 5.41) is 17.8. The minimum atomic E-state index is -1.30. The summed E-state index contributed by atoms with van der Waals surface area (Å²) in [6.45, 7) is 0. The lowest BCUT2D eigenvalue weighted by Crippen LogP contribution is -2.16. The predicted octanol–water partition coefficient (Wildman–Crippen LogP) is 2.46. The van der Waals surface area contributed by atoms with Crippen molar-refractivity contribution in [2.24, 2.45) is 10.2 Å². The third-order valence-electron chi connectivity index (χ3n) is 1.85. The van der Waals surface area contributed by atoms with Gasteiger partial charge < -0.3 is 5.11 Å². The molecule has 1 aromatic rings. The highest BCUT2D eigenvalue weighted by Crippen LogP contribution is 2.29. The molecule has 1 aliphatic heterocycles. The summed E-state index contributed by atoms with van der Waals surface area (Å²) >= 11 is 5.71. The molecule has 0 fully saturated rings. The number of hydrogen-bond acceptors (Lipinski definition) is 3. The van der Waals surface area contributed by atoms with Gasteiger partial charge in [0.15, 0.2) is 0 Å². The highest BCUT2D eigenvalue weighted by molar-refractivity contribution is 6.30. The SMILES string of the molecule is OC1(c2ccc(Cl)cc2)C=CN=N1. The Kier molecular flexibility index (Phi) is 1.90. The summed E-state index contributed by atoms with van der Waals surface area (Å²) in [7, 11) is 0. The zero-order chi connectivity index (χ0) is 9.31. The summed E-state index contributed by atoms with van der Waals surface area (Å²) in [5.41, 5.74) is -0.640. The zero-order valence-electron chi connectivity index (χ0n) is 6.68. The van der Waals surface area contributed by atoms with Crippen LogP contribution in [-0.4, -0.2) is 5.11 Å². The minimum Gasteiger partial charge on any atom is -0.361 e. The highest BCUT2D eigenvalue weighted by atomic mass is 35.5. The van der Waals surface area contributed by atoms with Gasteiger partial charge in [0.25, 0.3) is 0 Å². The smallest absolute Gasteiger partial charge is 0.223 e. The fourth-order valence-electron chi connectivity index (χ4n) is 1.14. The lowest BCUT2D eigenvalue weighted by Gasteiger charge is -2.14.